The van der Waals surface area contributed by atoms with Crippen LogP contribution in [0.1, 0.15) is 31.2 Å². The van der Waals surface area contributed by atoms with Gasteiger partial charge >= 0.3 is 0 Å². The van der Waals surface area contributed by atoms with Gasteiger partial charge in [0, 0.05) is 25.4 Å². The number of hydrogen-bond donors (Lipinski definition) is 1. The van der Waals surface area contributed by atoms with Gasteiger partial charge in [-0.1, -0.05) is 0 Å². The molecular weight excluding hydrogens is 294 g/mol. The Labute approximate surface area is 138 Å². The Hall–Kier alpha value is -0.950. The highest BCUT2D eigenvalue weighted by atomic mass is 16.5. The van der Waals surface area contributed by atoms with E-state index in [2.05, 4.69) is 23.1 Å². The molecular formula is C17H29N3O3. The summed E-state index contributed by atoms with van der Waals surface area (Å²) in [7, 11) is 0. The van der Waals surface area contributed by atoms with Crippen molar-refractivity contribution in [2.45, 2.75) is 57.4 Å². The summed E-state index contributed by atoms with van der Waals surface area (Å²) in [5.41, 5.74) is 1.19. The van der Waals surface area contributed by atoms with Crippen molar-refractivity contribution in [1.29, 1.82) is 0 Å². The Morgan fingerprint density at radius 2 is 2.35 bits per heavy atom. The Kier molecular flexibility index (Phi) is 6.05. The van der Waals surface area contributed by atoms with Crippen LogP contribution in [0, 0.1) is 6.92 Å². The molecule has 130 valence electrons. The number of aromatic nitrogens is 2. The third-order valence-electron chi connectivity index (χ3n) is 4.74. The second-order valence-corrected chi connectivity index (χ2v) is 6.86. The van der Waals surface area contributed by atoms with Crippen LogP contribution in [-0.4, -0.2) is 70.9 Å². The molecule has 0 amide bonds. The average Bonchev–Trinajstić information content (AvgIpc) is 3.24. The minimum Gasteiger partial charge on any atom is -0.389 e. The van der Waals surface area contributed by atoms with Gasteiger partial charge < -0.3 is 14.6 Å². The van der Waals surface area contributed by atoms with E-state index in [1.54, 1.807) is 0 Å². The lowest BCUT2D eigenvalue weighted by molar-refractivity contribution is -0.0265. The van der Waals surface area contributed by atoms with E-state index in [0.717, 1.165) is 32.5 Å². The number of nitrogens with zero attached hydrogens (tertiary/aromatic N) is 3. The monoisotopic (exact) mass is 323 g/mol. The summed E-state index contributed by atoms with van der Waals surface area (Å²) in [4.78, 5) is 2.37. The summed E-state index contributed by atoms with van der Waals surface area (Å²) in [6.45, 7) is 6.53. The molecule has 0 aromatic carbocycles. The third kappa shape index (κ3) is 5.01. The van der Waals surface area contributed by atoms with Gasteiger partial charge in [0.05, 0.1) is 38.2 Å². The first-order valence-electron chi connectivity index (χ1n) is 8.81. The Morgan fingerprint density at radius 1 is 1.43 bits per heavy atom. The van der Waals surface area contributed by atoms with Crippen molar-refractivity contribution in [3.8, 4) is 0 Å². The number of rotatable bonds is 8. The highest BCUT2D eigenvalue weighted by Crippen LogP contribution is 2.19. The molecule has 0 spiro atoms. The van der Waals surface area contributed by atoms with Crippen LogP contribution in [0.15, 0.2) is 12.4 Å². The molecule has 3 heterocycles. The SMILES string of the molecule is Cc1cnn(C[C@@H]2CCCN2C[C@@H](O)COC[C@H]2CCCO2)c1. The highest BCUT2D eigenvalue weighted by molar-refractivity contribution is 4.99. The largest absolute Gasteiger partial charge is 0.389 e. The van der Waals surface area contributed by atoms with E-state index >= 15 is 0 Å². The van der Waals surface area contributed by atoms with Crippen LogP contribution in [0.4, 0.5) is 0 Å². The van der Waals surface area contributed by atoms with Crippen molar-refractivity contribution < 1.29 is 14.6 Å². The van der Waals surface area contributed by atoms with Crippen LogP contribution >= 0.6 is 0 Å². The number of aliphatic hydroxyl groups excluding tert-OH is 1. The Bertz CT molecular complexity index is 473. The molecule has 6 heteroatoms. The van der Waals surface area contributed by atoms with Crippen LogP contribution < -0.4 is 0 Å². The fraction of sp³-hybridized carbons (Fsp3) is 0.824. The predicted octanol–water partition coefficient (Wildman–Crippen LogP) is 1.21. The fourth-order valence-corrected chi connectivity index (χ4v) is 3.56. The van der Waals surface area contributed by atoms with Crippen molar-refractivity contribution in [3.63, 3.8) is 0 Å². The zero-order chi connectivity index (χ0) is 16.1. The fourth-order valence-electron chi connectivity index (χ4n) is 3.56. The van der Waals surface area contributed by atoms with Gasteiger partial charge in [-0.2, -0.15) is 5.10 Å². The molecule has 0 radical (unpaired) electrons. The predicted molar refractivity (Wildman–Crippen MR) is 87.4 cm³/mol. The summed E-state index contributed by atoms with van der Waals surface area (Å²) in [6.07, 6.45) is 8.33. The Balaban J connectivity index is 1.38. The molecule has 2 saturated heterocycles. The lowest BCUT2D eigenvalue weighted by atomic mass is 10.2. The number of ether oxygens (including phenoxy) is 2. The van der Waals surface area contributed by atoms with Crippen LogP contribution in [0.5, 0.6) is 0 Å². The number of aryl methyl sites for hydroxylation is 1. The van der Waals surface area contributed by atoms with Crippen LogP contribution in [0.25, 0.3) is 0 Å². The van der Waals surface area contributed by atoms with Gasteiger partial charge in [0.2, 0.25) is 0 Å². The quantitative estimate of drug-likeness (QED) is 0.779. The molecule has 6 nitrogen and oxygen atoms in total. The standard InChI is InChI=1S/C17H29N3O3/c1-14-8-18-20(9-14)10-15-4-2-6-19(15)11-16(21)12-22-13-17-5-3-7-23-17/h8-9,15-17,21H,2-7,10-13H2,1H3/t15-,16+,17+/m0/s1. The van der Waals surface area contributed by atoms with Gasteiger partial charge in [-0.05, 0) is 44.7 Å². The van der Waals surface area contributed by atoms with Gasteiger partial charge in [0.25, 0.3) is 0 Å². The van der Waals surface area contributed by atoms with E-state index in [9.17, 15) is 5.11 Å². The maximum Gasteiger partial charge on any atom is 0.0900 e. The van der Waals surface area contributed by atoms with Crippen LogP contribution in [0.2, 0.25) is 0 Å². The second kappa shape index (κ2) is 8.24. The van der Waals surface area contributed by atoms with Gasteiger partial charge in [0.1, 0.15) is 0 Å². The van der Waals surface area contributed by atoms with Crippen LogP contribution in [0.3, 0.4) is 0 Å². The first-order chi connectivity index (χ1) is 11.2. The summed E-state index contributed by atoms with van der Waals surface area (Å²) in [5.74, 6) is 0. The first-order valence-corrected chi connectivity index (χ1v) is 8.81. The van der Waals surface area contributed by atoms with Gasteiger partial charge in [-0.15, -0.1) is 0 Å². The Morgan fingerprint density at radius 3 is 3.09 bits per heavy atom. The second-order valence-electron chi connectivity index (χ2n) is 6.86. The summed E-state index contributed by atoms with van der Waals surface area (Å²) in [5, 5.41) is 14.6. The molecule has 3 atom stereocenters. The summed E-state index contributed by atoms with van der Waals surface area (Å²) in [6, 6.07) is 0.460. The molecule has 1 aromatic heterocycles. The molecule has 0 bridgehead atoms. The molecule has 2 aliphatic rings. The maximum atomic E-state index is 10.2. The van der Waals surface area contributed by atoms with Crippen molar-refractivity contribution in [3.05, 3.63) is 18.0 Å². The smallest absolute Gasteiger partial charge is 0.0900 e. The van der Waals surface area contributed by atoms with Gasteiger partial charge in [-0.3, -0.25) is 9.58 Å². The molecule has 0 aliphatic carbocycles. The van der Waals surface area contributed by atoms with Gasteiger partial charge in [0.15, 0.2) is 0 Å². The van der Waals surface area contributed by atoms with E-state index in [1.807, 2.05) is 10.9 Å². The van der Waals surface area contributed by atoms with E-state index in [0.29, 0.717) is 25.8 Å². The summed E-state index contributed by atoms with van der Waals surface area (Å²) < 4.78 is 13.2. The van der Waals surface area contributed by atoms with Crippen molar-refractivity contribution in [2.75, 3.05) is 32.9 Å². The van der Waals surface area contributed by atoms with Crippen molar-refractivity contribution in [2.24, 2.45) is 0 Å². The molecule has 0 unspecified atom stereocenters. The number of aliphatic hydroxyl groups is 1. The van der Waals surface area contributed by atoms with Crippen molar-refractivity contribution >= 4 is 0 Å². The lowest BCUT2D eigenvalue weighted by Gasteiger charge is -2.27. The number of hydrogen-bond acceptors (Lipinski definition) is 5. The summed E-state index contributed by atoms with van der Waals surface area (Å²) >= 11 is 0. The molecule has 0 saturated carbocycles. The normalized spacial score (nSPS) is 26.9. The molecule has 2 fully saturated rings. The van der Waals surface area contributed by atoms with E-state index in [-0.39, 0.29) is 6.10 Å². The molecule has 3 rings (SSSR count). The van der Waals surface area contributed by atoms with Crippen LogP contribution in [-0.2, 0) is 16.0 Å². The molecule has 23 heavy (non-hydrogen) atoms. The third-order valence-corrected chi connectivity index (χ3v) is 4.74. The molecule has 1 N–H and O–H groups in total. The topological polar surface area (TPSA) is 59.8 Å². The molecule has 1 aromatic rings. The zero-order valence-electron chi connectivity index (χ0n) is 14.1. The number of likely N-dealkylation sites (tertiary alicyclic amines) is 1. The first kappa shape index (κ1) is 16.9. The van der Waals surface area contributed by atoms with E-state index in [4.69, 9.17) is 9.47 Å². The van der Waals surface area contributed by atoms with E-state index < -0.39 is 6.10 Å². The van der Waals surface area contributed by atoms with E-state index in [1.165, 1.54) is 18.4 Å². The minimum atomic E-state index is -0.434. The zero-order valence-corrected chi connectivity index (χ0v) is 14.1. The average molecular weight is 323 g/mol. The lowest BCUT2D eigenvalue weighted by Crippen LogP contribution is -2.40. The van der Waals surface area contributed by atoms with Gasteiger partial charge in [-0.25, -0.2) is 0 Å². The minimum absolute atomic E-state index is 0.227. The highest BCUT2D eigenvalue weighted by Gasteiger charge is 2.27. The maximum absolute atomic E-state index is 10.2. The van der Waals surface area contributed by atoms with Crippen molar-refractivity contribution in [1.82, 2.24) is 14.7 Å². The molecule has 2 aliphatic heterocycles. The number of β-amino-alcohol motifs (C(OH)–C–C–N with tert-alkyl or cyclic N) is 1.